The number of amides is 1. The molecule has 0 spiro atoms. The number of carboxylic acid groups (broad SMARTS) is 1. The normalized spacial score (nSPS) is 23.5. The van der Waals surface area contributed by atoms with E-state index in [2.05, 4.69) is 15.5 Å². The fourth-order valence-corrected chi connectivity index (χ4v) is 6.66. The summed E-state index contributed by atoms with van der Waals surface area (Å²) < 4.78 is 0. The number of carboxylic acids is 1. The van der Waals surface area contributed by atoms with E-state index in [-0.39, 0.29) is 38.6 Å². The van der Waals surface area contributed by atoms with Gasteiger partial charge < -0.3 is 21.0 Å². The third kappa shape index (κ3) is 4.81. The molecule has 1 saturated carbocycles. The lowest BCUT2D eigenvalue weighted by atomic mass is 9.71. The van der Waals surface area contributed by atoms with Crippen LogP contribution in [-0.2, 0) is 28.8 Å². The fourth-order valence-electron chi connectivity index (χ4n) is 3.81. The van der Waals surface area contributed by atoms with Gasteiger partial charge >= 0.3 is 5.97 Å². The van der Waals surface area contributed by atoms with Crippen LogP contribution in [0.25, 0.3) is 0 Å². The first-order valence-electron chi connectivity index (χ1n) is 10.1. The van der Waals surface area contributed by atoms with E-state index in [4.69, 9.17) is 10.6 Å². The number of rotatable bonds is 8. The standard InChI is InChI=1S/C21H18N4O7S3/c1-32-25-13(10-7-34-21(22)23-10)17(27)24-14-15(26)12-11(18(28)29)9(20(31)35-16(12)14)6-33-19(30)8-4-2-3-5-8/h2-4,7,12,14,16H,5-6H2,1H3,(H2,22,23)(H,24,27)(H,28,29)/b25-13-/t12?,14-,16+/m1/s1. The number of nitrogens with zero attached hydrogens (tertiary/aromatic N) is 2. The van der Waals surface area contributed by atoms with Crippen LogP contribution in [0, 0.1) is 5.92 Å². The molecule has 0 radical (unpaired) electrons. The Morgan fingerprint density at radius 3 is 2.74 bits per heavy atom. The zero-order chi connectivity index (χ0) is 25.3. The minimum Gasteiger partial charge on any atom is -0.478 e. The topological polar surface area (TPSA) is 178 Å². The number of ketones is 1. The largest absolute Gasteiger partial charge is 0.478 e. The van der Waals surface area contributed by atoms with Crippen molar-refractivity contribution in [3.05, 3.63) is 46.0 Å². The average molecular weight is 535 g/mol. The average Bonchev–Trinajstić information content (AvgIpc) is 3.51. The van der Waals surface area contributed by atoms with Crippen LogP contribution in [-0.4, -0.2) is 67.8 Å². The molecule has 0 saturated heterocycles. The molecule has 0 bridgehead atoms. The number of oxime groups is 1. The zero-order valence-corrected chi connectivity index (χ0v) is 20.5. The SMILES string of the molecule is CO/N=C(\C(=O)N[C@@H]1C(=O)C2C(C(=O)O)=C(CSC(=O)C3=CC=CC3)C(=O)S[C@@H]21)c1csc(N)n1. The number of Topliss-reactive ketones (excluding diaryl/α,β-unsaturated/α-hetero) is 1. The van der Waals surface area contributed by atoms with Gasteiger partial charge in [0, 0.05) is 22.3 Å². The van der Waals surface area contributed by atoms with E-state index in [1.165, 1.54) is 12.5 Å². The molecule has 14 heteroatoms. The molecule has 35 heavy (non-hydrogen) atoms. The summed E-state index contributed by atoms with van der Waals surface area (Å²) in [5.74, 6) is -3.99. The minimum atomic E-state index is -1.41. The van der Waals surface area contributed by atoms with Crippen LogP contribution < -0.4 is 11.1 Å². The Bertz CT molecular complexity index is 1260. The maximum Gasteiger partial charge on any atom is 0.332 e. The smallest absolute Gasteiger partial charge is 0.332 e. The number of aliphatic carboxylic acids is 1. The van der Waals surface area contributed by atoms with Crippen molar-refractivity contribution in [1.29, 1.82) is 0 Å². The number of carbonyl (C=O) groups excluding carboxylic acids is 4. The van der Waals surface area contributed by atoms with Crippen LogP contribution in [0.5, 0.6) is 0 Å². The molecule has 1 aromatic rings. The predicted molar refractivity (Wildman–Crippen MR) is 131 cm³/mol. The second kappa shape index (κ2) is 10.2. The summed E-state index contributed by atoms with van der Waals surface area (Å²) in [4.78, 5) is 71.6. The molecule has 4 rings (SSSR count). The van der Waals surface area contributed by atoms with Gasteiger partial charge in [-0.3, -0.25) is 19.2 Å². The number of nitrogens with one attached hydrogen (secondary N) is 1. The molecule has 1 fully saturated rings. The highest BCUT2D eigenvalue weighted by atomic mass is 32.2. The summed E-state index contributed by atoms with van der Waals surface area (Å²) >= 11 is 2.68. The highest BCUT2D eigenvalue weighted by Crippen LogP contribution is 2.47. The Morgan fingerprint density at radius 2 is 2.14 bits per heavy atom. The fraction of sp³-hybridized carbons (Fsp3) is 0.286. The van der Waals surface area contributed by atoms with Gasteiger partial charge in [-0.25, -0.2) is 9.78 Å². The van der Waals surface area contributed by atoms with E-state index in [0.717, 1.165) is 34.9 Å². The molecule has 11 nitrogen and oxygen atoms in total. The molecular formula is C21H18N4O7S3. The maximum atomic E-state index is 12.9. The van der Waals surface area contributed by atoms with Gasteiger partial charge in [-0.05, 0) is 6.42 Å². The number of nitrogens with two attached hydrogens (primary N) is 1. The van der Waals surface area contributed by atoms with Gasteiger partial charge in [-0.15, -0.1) is 11.3 Å². The summed E-state index contributed by atoms with van der Waals surface area (Å²) in [6.07, 6.45) is 5.70. The molecule has 1 unspecified atom stereocenters. The highest BCUT2D eigenvalue weighted by Gasteiger charge is 2.58. The zero-order valence-electron chi connectivity index (χ0n) is 18.0. The van der Waals surface area contributed by atoms with Crippen molar-refractivity contribution in [3.63, 3.8) is 0 Å². The Hall–Kier alpha value is -3.23. The molecule has 1 amide bonds. The second-order valence-corrected chi connectivity index (χ2v) is 10.5. The van der Waals surface area contributed by atoms with Crippen LogP contribution >= 0.6 is 34.9 Å². The number of carbonyl (C=O) groups is 5. The minimum absolute atomic E-state index is 0.0774. The van der Waals surface area contributed by atoms with Crippen molar-refractivity contribution >= 4 is 73.6 Å². The van der Waals surface area contributed by atoms with Gasteiger partial charge in [-0.1, -0.05) is 46.9 Å². The molecule has 2 heterocycles. The van der Waals surface area contributed by atoms with Gasteiger partial charge in [0.25, 0.3) is 5.91 Å². The lowest BCUT2D eigenvalue weighted by Gasteiger charge is -2.45. The maximum absolute atomic E-state index is 12.9. The van der Waals surface area contributed by atoms with Gasteiger partial charge in [0.2, 0.25) is 10.2 Å². The number of thiazole rings is 1. The lowest BCUT2D eigenvalue weighted by Crippen LogP contribution is -2.66. The second-order valence-electron chi connectivity index (χ2n) is 7.49. The van der Waals surface area contributed by atoms with Crippen molar-refractivity contribution < 1.29 is 33.9 Å². The Kier molecular flexibility index (Phi) is 7.23. The predicted octanol–water partition coefficient (Wildman–Crippen LogP) is 0.929. The first-order valence-corrected chi connectivity index (χ1v) is 12.8. The number of hydrogen-bond donors (Lipinski definition) is 3. The van der Waals surface area contributed by atoms with Crippen LogP contribution in [0.2, 0.25) is 0 Å². The van der Waals surface area contributed by atoms with Crippen molar-refractivity contribution in [3.8, 4) is 0 Å². The summed E-state index contributed by atoms with van der Waals surface area (Å²) in [6.45, 7) is 0. The van der Waals surface area contributed by atoms with Crippen LogP contribution in [0.4, 0.5) is 5.13 Å². The number of aromatic nitrogens is 1. The molecule has 1 aromatic heterocycles. The van der Waals surface area contributed by atoms with Gasteiger partial charge in [0.1, 0.15) is 18.8 Å². The first-order chi connectivity index (χ1) is 16.7. The molecule has 3 atom stereocenters. The monoisotopic (exact) mass is 534 g/mol. The molecule has 182 valence electrons. The number of anilines is 1. The Labute approximate surface area is 210 Å². The molecule has 4 N–H and O–H groups in total. The third-order valence-electron chi connectivity index (χ3n) is 5.46. The third-order valence-corrected chi connectivity index (χ3v) is 8.36. The van der Waals surface area contributed by atoms with Crippen molar-refractivity contribution in [2.75, 3.05) is 18.6 Å². The molecule has 3 aliphatic rings. The Morgan fingerprint density at radius 1 is 1.37 bits per heavy atom. The summed E-state index contributed by atoms with van der Waals surface area (Å²) in [5, 5.41) is 16.0. The number of thioether (sulfide) groups is 2. The van der Waals surface area contributed by atoms with E-state index >= 15 is 0 Å². The van der Waals surface area contributed by atoms with E-state index in [1.807, 2.05) is 6.08 Å². The van der Waals surface area contributed by atoms with Crippen LogP contribution in [0.15, 0.2) is 45.5 Å². The van der Waals surface area contributed by atoms with E-state index < -0.39 is 40.0 Å². The Balaban J connectivity index is 1.51. The van der Waals surface area contributed by atoms with Crippen LogP contribution in [0.3, 0.4) is 0 Å². The van der Waals surface area contributed by atoms with Crippen molar-refractivity contribution in [2.24, 2.45) is 11.1 Å². The quantitative estimate of drug-likeness (QED) is 0.319. The molecular weight excluding hydrogens is 516 g/mol. The van der Waals surface area contributed by atoms with Crippen molar-refractivity contribution in [1.82, 2.24) is 10.3 Å². The van der Waals surface area contributed by atoms with Crippen molar-refractivity contribution in [2.45, 2.75) is 17.7 Å². The number of nitrogen functional groups attached to an aromatic ring is 1. The lowest BCUT2D eigenvalue weighted by molar-refractivity contribution is -0.139. The van der Waals surface area contributed by atoms with Gasteiger partial charge in [0.05, 0.1) is 16.7 Å². The van der Waals surface area contributed by atoms with E-state index in [9.17, 15) is 29.1 Å². The summed E-state index contributed by atoms with van der Waals surface area (Å²) in [5.41, 5.74) is 5.68. The van der Waals surface area contributed by atoms with Gasteiger partial charge in [-0.2, -0.15) is 0 Å². The number of allylic oxidation sites excluding steroid dienone is 3. The first kappa shape index (κ1) is 24.9. The molecule has 1 aliphatic heterocycles. The van der Waals surface area contributed by atoms with E-state index in [1.54, 1.807) is 12.2 Å². The molecule has 2 aliphatic carbocycles. The van der Waals surface area contributed by atoms with E-state index in [0.29, 0.717) is 12.0 Å². The van der Waals surface area contributed by atoms with Crippen LogP contribution in [0.1, 0.15) is 12.1 Å². The molecule has 0 aromatic carbocycles. The highest BCUT2D eigenvalue weighted by molar-refractivity contribution is 8.16. The summed E-state index contributed by atoms with van der Waals surface area (Å²) in [6, 6.07) is -1.11. The number of hydrogen-bond acceptors (Lipinski definition) is 12. The van der Waals surface area contributed by atoms with Gasteiger partial charge in [0.15, 0.2) is 16.6 Å². The number of fused-ring (bicyclic) bond motifs is 1. The summed E-state index contributed by atoms with van der Waals surface area (Å²) in [7, 11) is 1.23.